The second kappa shape index (κ2) is 10.6. The van der Waals surface area contributed by atoms with Gasteiger partial charge in [-0.25, -0.2) is 0 Å². The van der Waals surface area contributed by atoms with Crippen molar-refractivity contribution >= 4 is 17.8 Å². The van der Waals surface area contributed by atoms with E-state index in [-0.39, 0.29) is 37.0 Å². The summed E-state index contributed by atoms with van der Waals surface area (Å²) in [7, 11) is 0. The zero-order valence-corrected chi connectivity index (χ0v) is 21.5. The number of ether oxygens (including phenoxy) is 2. The van der Waals surface area contributed by atoms with Gasteiger partial charge < -0.3 is 24.4 Å². The summed E-state index contributed by atoms with van der Waals surface area (Å²) in [4.78, 5) is 45.0. The molecule has 3 aliphatic heterocycles. The van der Waals surface area contributed by atoms with Crippen molar-refractivity contribution in [1.82, 2.24) is 9.80 Å². The van der Waals surface area contributed by atoms with Crippen LogP contribution in [0, 0.1) is 17.8 Å². The van der Waals surface area contributed by atoms with Crippen LogP contribution in [-0.4, -0.2) is 82.3 Å². The van der Waals surface area contributed by atoms with Crippen molar-refractivity contribution in [1.29, 1.82) is 0 Å². The van der Waals surface area contributed by atoms with Crippen LogP contribution in [0.5, 0.6) is 0 Å². The Balaban J connectivity index is 1.76. The first-order valence-electron chi connectivity index (χ1n) is 13.5. The number of carbonyl (C=O) groups excluding carboxylic acids is 3. The van der Waals surface area contributed by atoms with E-state index in [9.17, 15) is 19.5 Å². The molecule has 1 spiro atoms. The van der Waals surface area contributed by atoms with Gasteiger partial charge in [-0.15, -0.1) is 6.58 Å². The predicted molar refractivity (Wildman–Crippen MR) is 130 cm³/mol. The number of hydrogen-bond acceptors (Lipinski definition) is 6. The highest BCUT2D eigenvalue weighted by Gasteiger charge is 2.75. The van der Waals surface area contributed by atoms with E-state index in [4.69, 9.17) is 9.47 Å². The fraction of sp³-hybridized carbons (Fsp3) is 0.815. The molecule has 3 saturated heterocycles. The van der Waals surface area contributed by atoms with Gasteiger partial charge in [-0.2, -0.15) is 0 Å². The number of likely N-dealkylation sites (tertiary alicyclic amines) is 1. The van der Waals surface area contributed by atoms with Crippen LogP contribution < -0.4 is 0 Å². The smallest absolute Gasteiger partial charge is 0.312 e. The average molecular weight is 491 g/mol. The van der Waals surface area contributed by atoms with Crippen LogP contribution in [0.2, 0.25) is 0 Å². The van der Waals surface area contributed by atoms with E-state index >= 15 is 0 Å². The Morgan fingerprint density at radius 1 is 1.29 bits per heavy atom. The molecule has 6 atom stereocenters. The second-order valence-electron chi connectivity index (χ2n) is 11.1. The van der Waals surface area contributed by atoms with E-state index in [0.717, 1.165) is 25.7 Å². The van der Waals surface area contributed by atoms with Crippen LogP contribution in [0.3, 0.4) is 0 Å². The van der Waals surface area contributed by atoms with Crippen molar-refractivity contribution in [2.24, 2.45) is 17.8 Å². The van der Waals surface area contributed by atoms with Crippen LogP contribution in [0.1, 0.15) is 72.1 Å². The maximum Gasteiger partial charge on any atom is 0.312 e. The molecule has 0 aromatic carbocycles. The van der Waals surface area contributed by atoms with Gasteiger partial charge in [-0.1, -0.05) is 39.2 Å². The summed E-state index contributed by atoms with van der Waals surface area (Å²) in [6.07, 6.45) is 8.23. The Bertz CT molecular complexity index is 824. The number of aliphatic hydroxyl groups is 1. The lowest BCUT2D eigenvalue weighted by Gasteiger charge is -2.42. The van der Waals surface area contributed by atoms with Crippen molar-refractivity contribution in [3.8, 4) is 0 Å². The molecule has 2 bridgehead atoms. The van der Waals surface area contributed by atoms with E-state index < -0.39 is 41.6 Å². The molecule has 1 aliphatic carbocycles. The summed E-state index contributed by atoms with van der Waals surface area (Å²) in [6.45, 7) is 10.1. The minimum atomic E-state index is -1.06. The molecule has 2 amide bonds. The largest absolute Gasteiger partial charge is 0.466 e. The van der Waals surface area contributed by atoms with Crippen LogP contribution in [0.15, 0.2) is 12.7 Å². The van der Waals surface area contributed by atoms with Crippen molar-refractivity contribution in [3.05, 3.63) is 12.7 Å². The van der Waals surface area contributed by atoms with Gasteiger partial charge in [-0.3, -0.25) is 14.4 Å². The summed E-state index contributed by atoms with van der Waals surface area (Å²) >= 11 is 0. The highest BCUT2D eigenvalue weighted by Crippen LogP contribution is 2.59. The normalized spacial score (nSPS) is 33.2. The molecule has 2 unspecified atom stereocenters. The van der Waals surface area contributed by atoms with E-state index in [1.165, 1.54) is 6.42 Å². The van der Waals surface area contributed by atoms with Crippen LogP contribution in [-0.2, 0) is 23.9 Å². The van der Waals surface area contributed by atoms with Crippen molar-refractivity contribution in [3.63, 3.8) is 0 Å². The zero-order chi connectivity index (χ0) is 25.3. The zero-order valence-electron chi connectivity index (χ0n) is 21.5. The Kier molecular flexibility index (Phi) is 7.91. The maximum absolute atomic E-state index is 14.4. The quantitative estimate of drug-likeness (QED) is 0.374. The monoisotopic (exact) mass is 490 g/mol. The van der Waals surface area contributed by atoms with E-state index in [2.05, 4.69) is 6.58 Å². The molecule has 35 heavy (non-hydrogen) atoms. The fourth-order valence-corrected chi connectivity index (χ4v) is 7.20. The molecule has 0 aromatic heterocycles. The van der Waals surface area contributed by atoms with Crippen molar-refractivity contribution in [2.45, 2.75) is 102 Å². The Morgan fingerprint density at radius 2 is 2.00 bits per heavy atom. The third kappa shape index (κ3) is 4.41. The SMILES string of the molecule is C=CCN(C(=O)C1N([C@@H](CO)CC(C)C)C(=O)[C@@H]2[C@@H](C(=O)OCC)[C@H]3CCC12O3)C1CCCCC1. The van der Waals surface area contributed by atoms with E-state index in [1.807, 2.05) is 18.7 Å². The third-order valence-corrected chi connectivity index (χ3v) is 8.50. The van der Waals surface area contributed by atoms with Gasteiger partial charge in [0.2, 0.25) is 11.8 Å². The van der Waals surface area contributed by atoms with E-state index in [0.29, 0.717) is 25.8 Å². The number of amides is 2. The molecule has 196 valence electrons. The molecule has 0 aromatic rings. The first-order chi connectivity index (χ1) is 16.8. The fourth-order valence-electron chi connectivity index (χ4n) is 7.20. The van der Waals surface area contributed by atoms with E-state index in [1.54, 1.807) is 17.9 Å². The van der Waals surface area contributed by atoms with Gasteiger partial charge in [-0.05, 0) is 44.9 Å². The lowest BCUT2D eigenvalue weighted by Crippen LogP contribution is -2.60. The van der Waals surface area contributed by atoms with Gasteiger partial charge in [0.05, 0.1) is 37.2 Å². The molecule has 4 rings (SSSR count). The summed E-state index contributed by atoms with van der Waals surface area (Å²) in [5, 5.41) is 10.4. The Hall–Kier alpha value is -1.93. The molecule has 8 nitrogen and oxygen atoms in total. The first-order valence-corrected chi connectivity index (χ1v) is 13.5. The topological polar surface area (TPSA) is 96.4 Å². The summed E-state index contributed by atoms with van der Waals surface area (Å²) in [5.74, 6) is -2.07. The van der Waals surface area contributed by atoms with Gasteiger partial charge >= 0.3 is 5.97 Å². The van der Waals surface area contributed by atoms with Crippen LogP contribution in [0.4, 0.5) is 0 Å². The Morgan fingerprint density at radius 3 is 2.60 bits per heavy atom. The molecule has 3 heterocycles. The summed E-state index contributed by atoms with van der Waals surface area (Å²) in [5.41, 5.74) is -1.06. The number of fused-ring (bicyclic) bond motifs is 1. The van der Waals surface area contributed by atoms with Crippen molar-refractivity contribution < 1.29 is 29.0 Å². The molecular formula is C27H42N2O6. The number of rotatable bonds is 10. The van der Waals surface area contributed by atoms with Gasteiger partial charge in [0, 0.05) is 12.6 Å². The minimum Gasteiger partial charge on any atom is -0.466 e. The van der Waals surface area contributed by atoms with Crippen LogP contribution >= 0.6 is 0 Å². The average Bonchev–Trinajstić information content (AvgIpc) is 3.48. The molecule has 1 N–H and O–H groups in total. The second-order valence-corrected chi connectivity index (χ2v) is 11.1. The number of carbonyl (C=O) groups is 3. The first kappa shape index (κ1) is 26.1. The number of aliphatic hydroxyl groups excluding tert-OH is 1. The minimum absolute atomic E-state index is 0.0961. The van der Waals surface area contributed by atoms with Crippen molar-refractivity contribution in [2.75, 3.05) is 19.8 Å². The highest BCUT2D eigenvalue weighted by molar-refractivity contribution is 5.98. The third-order valence-electron chi connectivity index (χ3n) is 8.50. The molecule has 1 saturated carbocycles. The number of esters is 1. The molecular weight excluding hydrogens is 448 g/mol. The lowest BCUT2D eigenvalue weighted by atomic mass is 9.70. The predicted octanol–water partition coefficient (Wildman–Crippen LogP) is 2.68. The van der Waals surface area contributed by atoms with Gasteiger partial charge in [0.15, 0.2) is 0 Å². The molecule has 4 fully saturated rings. The number of nitrogens with zero attached hydrogens (tertiary/aromatic N) is 2. The maximum atomic E-state index is 14.4. The van der Waals surface area contributed by atoms with Gasteiger partial charge in [0.25, 0.3) is 0 Å². The van der Waals surface area contributed by atoms with Crippen LogP contribution in [0.25, 0.3) is 0 Å². The molecule has 8 heteroatoms. The Labute approximate surface area is 209 Å². The lowest BCUT2D eigenvalue weighted by molar-refractivity contribution is -0.157. The summed E-state index contributed by atoms with van der Waals surface area (Å²) < 4.78 is 11.8. The molecule has 0 radical (unpaired) electrons. The van der Waals surface area contributed by atoms with Gasteiger partial charge in [0.1, 0.15) is 11.6 Å². The highest BCUT2D eigenvalue weighted by atomic mass is 16.6. The summed E-state index contributed by atoms with van der Waals surface area (Å²) in [6, 6.07) is -1.28. The molecule has 4 aliphatic rings. The standard InChI is InChI=1S/C27H42N2O6/c1-5-14-28(18-10-8-7-9-11-18)25(32)23-27-13-12-20(35-27)21(26(33)34-6-2)22(27)24(31)29(23)19(16-30)15-17(3)4/h5,17-23,30H,1,6-16H2,2-4H3/t19-,20-,21+,22+,23?,27?/m1/s1. The number of hydrogen-bond donors (Lipinski definition) is 1.